The summed E-state index contributed by atoms with van der Waals surface area (Å²) in [5.74, 6) is -3.06. The normalized spacial score (nSPS) is 31.8. The predicted octanol–water partition coefficient (Wildman–Crippen LogP) is 10.6. The van der Waals surface area contributed by atoms with Crippen molar-refractivity contribution in [2.75, 3.05) is 11.5 Å². The molecule has 244 valence electrons. The van der Waals surface area contributed by atoms with Gasteiger partial charge in [-0.2, -0.15) is 22.0 Å². The summed E-state index contributed by atoms with van der Waals surface area (Å²) in [4.78, 5) is 0. The number of benzene rings is 1. The highest BCUT2D eigenvalue weighted by Gasteiger charge is 2.67. The van der Waals surface area contributed by atoms with Crippen LogP contribution in [0.4, 0.5) is 26.3 Å². The molecular formula is C34H48F6O2S. The van der Waals surface area contributed by atoms with Gasteiger partial charge in [-0.1, -0.05) is 51.5 Å². The lowest BCUT2D eigenvalue weighted by molar-refractivity contribution is -0.284. The van der Waals surface area contributed by atoms with E-state index in [9.17, 15) is 31.3 Å². The van der Waals surface area contributed by atoms with Crippen molar-refractivity contribution in [3.8, 4) is 5.75 Å². The third-order valence-electron chi connectivity index (χ3n) is 12.0. The van der Waals surface area contributed by atoms with Crippen LogP contribution in [-0.2, 0) is 10.8 Å². The summed E-state index contributed by atoms with van der Waals surface area (Å²) in [6.07, 6.45) is 6.61. The van der Waals surface area contributed by atoms with E-state index in [0.29, 0.717) is 46.3 Å². The average Bonchev–Trinajstić information content (AvgIpc) is 3.68. The molecule has 1 aromatic carbocycles. The molecule has 0 saturated heterocycles. The standard InChI is InChI=1S/C34H48F6O2S/c1-31-16-13-25-24-12-11-23(41)22-27(24)30(35)26(29(25)28(31)14-17-32(31)18-19-32)10-7-5-3-2-4-6-8-20-43(42)21-9-15-33(36,37)34(38,39)40/h11-12,22,25-26,28-30,41H,2-10,13-21H2,1H3/t25?,26-,28?,29?,30?,31-,43?/m0/s1. The van der Waals surface area contributed by atoms with Crippen molar-refractivity contribution < 1.29 is 35.7 Å². The Hall–Kier alpha value is -1.25. The number of phenolic OH excluding ortho intramolecular Hbond substituents is 1. The van der Waals surface area contributed by atoms with Crippen LogP contribution in [-0.4, -0.2) is 32.9 Å². The van der Waals surface area contributed by atoms with Crippen LogP contribution >= 0.6 is 0 Å². The summed E-state index contributed by atoms with van der Waals surface area (Å²) in [6, 6.07) is 5.38. The van der Waals surface area contributed by atoms with Crippen molar-refractivity contribution in [3.63, 3.8) is 0 Å². The van der Waals surface area contributed by atoms with Gasteiger partial charge in [0.15, 0.2) is 0 Å². The number of alkyl halides is 6. The quantitative estimate of drug-likeness (QED) is 0.163. The predicted molar refractivity (Wildman–Crippen MR) is 158 cm³/mol. The van der Waals surface area contributed by atoms with E-state index >= 15 is 4.39 Å². The molecule has 5 unspecified atom stereocenters. The minimum absolute atomic E-state index is 0.0103. The number of halogens is 6. The molecule has 1 spiro atoms. The lowest BCUT2D eigenvalue weighted by atomic mass is 9.50. The molecule has 3 saturated carbocycles. The Bertz CT molecular complexity index is 1130. The van der Waals surface area contributed by atoms with Gasteiger partial charge < -0.3 is 5.11 Å². The number of unbranched alkanes of at least 4 members (excludes halogenated alkanes) is 6. The average molecular weight is 635 g/mol. The lowest BCUT2D eigenvalue weighted by Crippen LogP contribution is -2.47. The van der Waals surface area contributed by atoms with Crippen molar-refractivity contribution >= 4 is 10.8 Å². The molecule has 4 aliphatic carbocycles. The van der Waals surface area contributed by atoms with Gasteiger partial charge in [0.05, 0.1) is 0 Å². The summed E-state index contributed by atoms with van der Waals surface area (Å²) >= 11 is 0. The summed E-state index contributed by atoms with van der Waals surface area (Å²) in [7, 11) is -1.38. The van der Waals surface area contributed by atoms with Crippen molar-refractivity contribution in [2.24, 2.45) is 28.6 Å². The first kappa shape index (κ1) is 33.1. The molecule has 0 heterocycles. The minimum Gasteiger partial charge on any atom is -0.508 e. The molecule has 43 heavy (non-hydrogen) atoms. The molecule has 0 radical (unpaired) electrons. The molecule has 4 aliphatic rings. The molecular weight excluding hydrogens is 586 g/mol. The highest BCUT2D eigenvalue weighted by Crippen LogP contribution is 2.77. The molecule has 3 fully saturated rings. The molecule has 5 rings (SSSR count). The van der Waals surface area contributed by atoms with E-state index in [2.05, 4.69) is 6.92 Å². The van der Waals surface area contributed by atoms with Crippen molar-refractivity contribution in [1.82, 2.24) is 0 Å². The number of hydrogen-bond donors (Lipinski definition) is 1. The van der Waals surface area contributed by atoms with Crippen LogP contribution in [0.2, 0.25) is 0 Å². The van der Waals surface area contributed by atoms with Crippen molar-refractivity contribution in [2.45, 2.75) is 134 Å². The first-order valence-electron chi connectivity index (χ1n) is 16.6. The molecule has 1 aromatic rings. The molecule has 2 nitrogen and oxygen atoms in total. The Morgan fingerprint density at radius 1 is 0.860 bits per heavy atom. The SMILES string of the molecule is C[C@]12CCC3c4ccc(O)cc4C(F)[C@@H](CCCCCCCCCS(=O)CCCC(F)(F)C(F)(F)F)C3C1CCC21CC1. The van der Waals surface area contributed by atoms with Crippen LogP contribution in [0.15, 0.2) is 18.2 Å². The third-order valence-corrected chi connectivity index (χ3v) is 13.5. The van der Waals surface area contributed by atoms with Gasteiger partial charge in [0.2, 0.25) is 0 Å². The largest absolute Gasteiger partial charge is 0.508 e. The van der Waals surface area contributed by atoms with Crippen LogP contribution < -0.4 is 0 Å². The zero-order valence-electron chi connectivity index (χ0n) is 25.4. The van der Waals surface area contributed by atoms with Crippen molar-refractivity contribution in [1.29, 1.82) is 0 Å². The van der Waals surface area contributed by atoms with Gasteiger partial charge in [0.1, 0.15) is 11.9 Å². The molecule has 9 heteroatoms. The number of phenols is 1. The van der Waals surface area contributed by atoms with Gasteiger partial charge in [0.25, 0.3) is 0 Å². The Morgan fingerprint density at radius 3 is 2.19 bits per heavy atom. The number of rotatable bonds is 14. The van der Waals surface area contributed by atoms with E-state index in [1.165, 1.54) is 32.1 Å². The van der Waals surface area contributed by atoms with Gasteiger partial charge in [0, 0.05) is 28.7 Å². The van der Waals surface area contributed by atoms with E-state index in [0.717, 1.165) is 56.9 Å². The second kappa shape index (κ2) is 12.9. The smallest absolute Gasteiger partial charge is 0.453 e. The van der Waals surface area contributed by atoms with Gasteiger partial charge in [-0.05, 0) is 116 Å². The molecule has 0 bridgehead atoms. The fraction of sp³-hybridized carbons (Fsp3) is 0.824. The van der Waals surface area contributed by atoms with E-state index in [1.807, 2.05) is 6.07 Å². The summed E-state index contributed by atoms with van der Waals surface area (Å²) in [5.41, 5.74) is 2.67. The van der Waals surface area contributed by atoms with Crippen LogP contribution in [0.3, 0.4) is 0 Å². The summed E-state index contributed by atoms with van der Waals surface area (Å²) < 4.78 is 91.0. The van der Waals surface area contributed by atoms with Gasteiger partial charge in [-0.3, -0.25) is 4.21 Å². The van der Waals surface area contributed by atoms with E-state index in [-0.39, 0.29) is 17.4 Å². The highest BCUT2D eigenvalue weighted by atomic mass is 32.2. The summed E-state index contributed by atoms with van der Waals surface area (Å²) in [6.45, 7) is 2.51. The monoisotopic (exact) mass is 634 g/mol. The zero-order chi connectivity index (χ0) is 31.0. The highest BCUT2D eigenvalue weighted by molar-refractivity contribution is 7.84. The fourth-order valence-corrected chi connectivity index (χ4v) is 10.7. The fourth-order valence-electron chi connectivity index (χ4n) is 9.49. The third kappa shape index (κ3) is 6.67. The Labute approximate surface area is 255 Å². The van der Waals surface area contributed by atoms with Crippen LogP contribution in [0.5, 0.6) is 5.75 Å². The second-order valence-electron chi connectivity index (χ2n) is 14.4. The van der Waals surface area contributed by atoms with Gasteiger partial charge in [-0.15, -0.1) is 0 Å². The number of aromatic hydroxyl groups is 1. The van der Waals surface area contributed by atoms with E-state index in [4.69, 9.17) is 0 Å². The number of hydrogen-bond acceptors (Lipinski definition) is 2. The molecule has 0 amide bonds. The van der Waals surface area contributed by atoms with Crippen LogP contribution in [0.1, 0.15) is 133 Å². The Kier molecular flexibility index (Phi) is 9.91. The molecule has 7 atom stereocenters. The second-order valence-corrected chi connectivity index (χ2v) is 16.1. The van der Waals surface area contributed by atoms with Crippen LogP contribution in [0.25, 0.3) is 0 Å². The molecule has 0 aromatic heterocycles. The first-order chi connectivity index (χ1) is 20.3. The lowest BCUT2D eigenvalue weighted by Gasteiger charge is -2.55. The van der Waals surface area contributed by atoms with Gasteiger partial charge >= 0.3 is 12.1 Å². The first-order valence-corrected chi connectivity index (χ1v) is 18.0. The number of fused-ring (bicyclic) bond motifs is 6. The maximum Gasteiger partial charge on any atom is 0.453 e. The van der Waals surface area contributed by atoms with Crippen LogP contribution in [0, 0.1) is 28.6 Å². The van der Waals surface area contributed by atoms with E-state index < -0.39 is 41.9 Å². The molecule has 0 aliphatic heterocycles. The Morgan fingerprint density at radius 2 is 1.51 bits per heavy atom. The van der Waals surface area contributed by atoms with Gasteiger partial charge in [-0.25, -0.2) is 4.39 Å². The maximum atomic E-state index is 16.3. The minimum atomic E-state index is -5.55. The summed E-state index contributed by atoms with van der Waals surface area (Å²) in [5, 5.41) is 10.2. The zero-order valence-corrected chi connectivity index (χ0v) is 26.2. The topological polar surface area (TPSA) is 37.3 Å². The molecule has 1 N–H and O–H groups in total. The Balaban J connectivity index is 1.04. The van der Waals surface area contributed by atoms with E-state index in [1.54, 1.807) is 12.1 Å². The maximum absolute atomic E-state index is 16.3. The van der Waals surface area contributed by atoms with Crippen molar-refractivity contribution in [3.05, 3.63) is 29.3 Å².